The zero-order chi connectivity index (χ0) is 13.0. The van der Waals surface area contributed by atoms with Crippen molar-refractivity contribution in [3.63, 3.8) is 0 Å². The van der Waals surface area contributed by atoms with E-state index in [-0.39, 0.29) is 18.4 Å². The highest BCUT2D eigenvalue weighted by atomic mass is 35.5. The average molecular weight is 303 g/mol. The van der Waals surface area contributed by atoms with Crippen LogP contribution >= 0.6 is 24.0 Å². The number of carbonyl (C=O) groups is 1. The molecular weight excluding hydrogens is 287 g/mol. The topological polar surface area (TPSA) is 65.5 Å². The number of carbonyl (C=O) groups excluding carboxylic acids is 1. The van der Waals surface area contributed by atoms with Gasteiger partial charge in [-0.15, -0.1) is 12.4 Å². The molecule has 0 radical (unpaired) electrons. The first-order chi connectivity index (χ1) is 8.66. The number of aryl methyl sites for hydroxylation is 1. The molecule has 0 unspecified atom stereocenters. The minimum absolute atomic E-state index is 0. The number of nitrogens with one attached hydrogen (secondary N) is 3. The molecule has 0 saturated carbocycles. The summed E-state index contributed by atoms with van der Waals surface area (Å²) in [5.74, 6) is 0.503. The third kappa shape index (κ3) is 4.29. The van der Waals surface area contributed by atoms with Crippen LogP contribution in [0.4, 0.5) is 10.5 Å². The molecule has 2 amide bonds. The molecular formula is C12H16Cl2N4O. The zero-order valence-electron chi connectivity index (χ0n) is 10.5. The van der Waals surface area contributed by atoms with Gasteiger partial charge in [-0.3, -0.25) is 10.3 Å². The van der Waals surface area contributed by atoms with Crippen LogP contribution in [0.3, 0.4) is 0 Å². The van der Waals surface area contributed by atoms with Gasteiger partial charge >= 0.3 is 6.03 Å². The fourth-order valence-corrected chi connectivity index (χ4v) is 1.93. The van der Waals surface area contributed by atoms with Crippen LogP contribution in [0.1, 0.15) is 12.0 Å². The standard InChI is InChI=1S/C12H15ClN4O.ClH/c1-8-4-2-5-9(13)10(8)16-12(18)17-11-14-6-3-7-15-11;/h2,4-5H,3,6-7H2,1H3,(H3,14,15,16,17,18);1H. The van der Waals surface area contributed by atoms with Gasteiger partial charge in [-0.2, -0.15) is 0 Å². The van der Waals surface area contributed by atoms with Gasteiger partial charge < -0.3 is 10.6 Å². The van der Waals surface area contributed by atoms with Crippen LogP contribution in [0.5, 0.6) is 0 Å². The van der Waals surface area contributed by atoms with Gasteiger partial charge in [-0.25, -0.2) is 4.79 Å². The maximum atomic E-state index is 11.8. The molecule has 1 heterocycles. The smallest absolute Gasteiger partial charge is 0.326 e. The fraction of sp³-hybridized carbons (Fsp3) is 0.333. The molecule has 1 aromatic carbocycles. The van der Waals surface area contributed by atoms with Crippen molar-refractivity contribution in [3.05, 3.63) is 28.8 Å². The number of para-hydroxylation sites is 1. The quantitative estimate of drug-likeness (QED) is 0.746. The number of benzene rings is 1. The van der Waals surface area contributed by atoms with E-state index in [0.717, 1.165) is 25.1 Å². The number of urea groups is 1. The number of halogens is 2. The Labute approximate surface area is 123 Å². The number of hydrogen-bond donors (Lipinski definition) is 3. The Morgan fingerprint density at radius 1 is 1.42 bits per heavy atom. The van der Waals surface area contributed by atoms with Gasteiger partial charge in [0.1, 0.15) is 0 Å². The Bertz CT molecular complexity index is 470. The first-order valence-corrected chi connectivity index (χ1v) is 6.16. The molecule has 104 valence electrons. The van der Waals surface area contributed by atoms with Gasteiger partial charge in [-0.05, 0) is 25.0 Å². The van der Waals surface area contributed by atoms with Crippen molar-refractivity contribution in [2.45, 2.75) is 13.3 Å². The molecule has 3 N–H and O–H groups in total. The van der Waals surface area contributed by atoms with E-state index < -0.39 is 0 Å². The van der Waals surface area contributed by atoms with Gasteiger partial charge in [-0.1, -0.05) is 23.7 Å². The molecule has 0 aromatic heterocycles. The molecule has 5 nitrogen and oxygen atoms in total. The monoisotopic (exact) mass is 302 g/mol. The van der Waals surface area contributed by atoms with E-state index in [4.69, 9.17) is 11.6 Å². The molecule has 1 aromatic rings. The lowest BCUT2D eigenvalue weighted by atomic mass is 10.2. The second-order valence-corrected chi connectivity index (χ2v) is 4.43. The summed E-state index contributed by atoms with van der Waals surface area (Å²) in [6.45, 7) is 3.44. The van der Waals surface area contributed by atoms with Crippen molar-refractivity contribution in [2.24, 2.45) is 4.99 Å². The predicted octanol–water partition coefficient (Wildman–Crippen LogP) is 2.54. The first kappa shape index (κ1) is 15.6. The van der Waals surface area contributed by atoms with Gasteiger partial charge in [0.25, 0.3) is 0 Å². The summed E-state index contributed by atoms with van der Waals surface area (Å²) in [5, 5.41) is 8.90. The van der Waals surface area contributed by atoms with Gasteiger partial charge in [0.15, 0.2) is 5.96 Å². The van der Waals surface area contributed by atoms with Gasteiger partial charge in [0.2, 0.25) is 0 Å². The SMILES string of the molecule is Cc1cccc(Cl)c1NC(=O)NC1=NCCCN1.Cl. The summed E-state index contributed by atoms with van der Waals surface area (Å²) in [6.07, 6.45) is 0.983. The summed E-state index contributed by atoms with van der Waals surface area (Å²) in [7, 11) is 0. The summed E-state index contributed by atoms with van der Waals surface area (Å²) < 4.78 is 0. The van der Waals surface area contributed by atoms with Crippen LogP contribution in [-0.2, 0) is 0 Å². The summed E-state index contributed by atoms with van der Waals surface area (Å²) in [5.41, 5.74) is 1.53. The molecule has 0 aliphatic carbocycles. The lowest BCUT2D eigenvalue weighted by Crippen LogP contribution is -2.45. The van der Waals surface area contributed by atoms with Crippen LogP contribution in [0.2, 0.25) is 5.02 Å². The third-order valence-corrected chi connectivity index (χ3v) is 2.90. The zero-order valence-corrected chi connectivity index (χ0v) is 12.1. The Kier molecular flexibility index (Phi) is 5.92. The second kappa shape index (κ2) is 7.21. The highest BCUT2D eigenvalue weighted by Crippen LogP contribution is 2.24. The van der Waals surface area contributed by atoms with Crippen LogP contribution in [0.25, 0.3) is 0 Å². The maximum Gasteiger partial charge on any atom is 0.326 e. The van der Waals surface area contributed by atoms with Gasteiger partial charge in [0.05, 0.1) is 10.7 Å². The Balaban J connectivity index is 0.00000180. The van der Waals surface area contributed by atoms with Crippen LogP contribution in [0, 0.1) is 6.92 Å². The highest BCUT2D eigenvalue weighted by molar-refractivity contribution is 6.34. The van der Waals surface area contributed by atoms with Crippen molar-refractivity contribution in [1.29, 1.82) is 0 Å². The largest absolute Gasteiger partial charge is 0.356 e. The third-order valence-electron chi connectivity index (χ3n) is 2.59. The van der Waals surface area contributed by atoms with Crippen LogP contribution < -0.4 is 16.0 Å². The van der Waals surface area contributed by atoms with E-state index in [0.29, 0.717) is 16.7 Å². The Morgan fingerprint density at radius 2 is 2.21 bits per heavy atom. The number of nitrogens with zero attached hydrogens (tertiary/aromatic N) is 1. The number of rotatable bonds is 1. The van der Waals surface area contributed by atoms with E-state index in [1.54, 1.807) is 6.07 Å². The molecule has 0 saturated heterocycles. The first-order valence-electron chi connectivity index (χ1n) is 5.78. The van der Waals surface area contributed by atoms with Crippen molar-refractivity contribution in [2.75, 3.05) is 18.4 Å². The molecule has 0 fully saturated rings. The van der Waals surface area contributed by atoms with Crippen molar-refractivity contribution < 1.29 is 4.79 Å². The molecule has 0 bridgehead atoms. The highest BCUT2D eigenvalue weighted by Gasteiger charge is 2.11. The van der Waals surface area contributed by atoms with E-state index in [1.807, 2.05) is 19.1 Å². The minimum Gasteiger partial charge on any atom is -0.356 e. The normalized spacial score (nSPS) is 13.7. The van der Waals surface area contributed by atoms with Crippen molar-refractivity contribution >= 4 is 41.7 Å². The van der Waals surface area contributed by atoms with Crippen molar-refractivity contribution in [3.8, 4) is 0 Å². The molecule has 0 spiro atoms. The van der Waals surface area contributed by atoms with Crippen LogP contribution in [0.15, 0.2) is 23.2 Å². The Morgan fingerprint density at radius 3 is 2.84 bits per heavy atom. The fourth-order valence-electron chi connectivity index (χ4n) is 1.66. The molecule has 1 aliphatic heterocycles. The summed E-state index contributed by atoms with van der Waals surface area (Å²) in [4.78, 5) is 15.9. The lowest BCUT2D eigenvalue weighted by Gasteiger charge is -2.16. The number of guanidine groups is 1. The number of hydrogen-bond acceptors (Lipinski definition) is 3. The molecule has 19 heavy (non-hydrogen) atoms. The van der Waals surface area contributed by atoms with E-state index in [9.17, 15) is 4.79 Å². The molecule has 0 atom stereocenters. The van der Waals surface area contributed by atoms with E-state index >= 15 is 0 Å². The molecule has 7 heteroatoms. The summed E-state index contributed by atoms with van der Waals surface area (Å²) in [6, 6.07) is 5.12. The maximum absolute atomic E-state index is 11.8. The van der Waals surface area contributed by atoms with Crippen LogP contribution in [-0.4, -0.2) is 25.1 Å². The van der Waals surface area contributed by atoms with E-state index in [2.05, 4.69) is 20.9 Å². The minimum atomic E-state index is -0.348. The predicted molar refractivity (Wildman–Crippen MR) is 80.5 cm³/mol. The number of amides is 2. The van der Waals surface area contributed by atoms with Gasteiger partial charge in [0, 0.05) is 13.1 Å². The molecule has 1 aliphatic rings. The molecule has 2 rings (SSSR count). The number of aliphatic imine (C=N–C) groups is 1. The number of anilines is 1. The van der Waals surface area contributed by atoms with Crippen molar-refractivity contribution in [1.82, 2.24) is 10.6 Å². The average Bonchev–Trinajstić information content (AvgIpc) is 2.35. The Hall–Kier alpha value is -1.46. The second-order valence-electron chi connectivity index (χ2n) is 4.02. The summed E-state index contributed by atoms with van der Waals surface area (Å²) >= 11 is 6.03. The lowest BCUT2D eigenvalue weighted by molar-refractivity contribution is 0.255. The van der Waals surface area contributed by atoms with E-state index in [1.165, 1.54) is 0 Å².